The van der Waals surface area contributed by atoms with E-state index in [1.54, 1.807) is 0 Å². The number of rotatable bonds is 4. The molecule has 3 nitrogen and oxygen atoms in total. The predicted molar refractivity (Wildman–Crippen MR) is 76.0 cm³/mol. The minimum atomic E-state index is 0.377. The predicted octanol–water partition coefficient (Wildman–Crippen LogP) is 3.73. The van der Waals surface area contributed by atoms with Gasteiger partial charge in [0.25, 0.3) is 0 Å². The SMILES string of the molecule is CCCOc1cccc2cc(C(C)C)c(N)nc12. The lowest BCUT2D eigenvalue weighted by Crippen LogP contribution is -2.02. The zero-order chi connectivity index (χ0) is 13.1. The molecule has 0 aliphatic heterocycles. The summed E-state index contributed by atoms with van der Waals surface area (Å²) < 4.78 is 5.71. The van der Waals surface area contributed by atoms with Crippen LogP contribution in [0, 0.1) is 0 Å². The van der Waals surface area contributed by atoms with Crippen LogP contribution < -0.4 is 10.5 Å². The van der Waals surface area contributed by atoms with Crippen LogP contribution >= 0.6 is 0 Å². The van der Waals surface area contributed by atoms with Gasteiger partial charge < -0.3 is 10.5 Å². The van der Waals surface area contributed by atoms with Crippen molar-refractivity contribution in [2.24, 2.45) is 0 Å². The van der Waals surface area contributed by atoms with E-state index < -0.39 is 0 Å². The number of pyridine rings is 1. The van der Waals surface area contributed by atoms with Gasteiger partial charge in [0.2, 0.25) is 0 Å². The third kappa shape index (κ3) is 2.40. The maximum absolute atomic E-state index is 6.02. The number of fused-ring (bicyclic) bond motifs is 1. The summed E-state index contributed by atoms with van der Waals surface area (Å²) in [5.74, 6) is 1.79. The van der Waals surface area contributed by atoms with Gasteiger partial charge in [-0.15, -0.1) is 0 Å². The number of nitrogens with zero attached hydrogens (tertiary/aromatic N) is 1. The van der Waals surface area contributed by atoms with Crippen molar-refractivity contribution >= 4 is 16.7 Å². The Labute approximate surface area is 108 Å². The molecule has 0 unspecified atom stereocenters. The summed E-state index contributed by atoms with van der Waals surface area (Å²) in [7, 11) is 0. The summed E-state index contributed by atoms with van der Waals surface area (Å²) in [6.45, 7) is 7.03. The van der Waals surface area contributed by atoms with Crippen LogP contribution in [0.4, 0.5) is 5.82 Å². The molecule has 3 heteroatoms. The van der Waals surface area contributed by atoms with Gasteiger partial charge in [-0.05, 0) is 30.0 Å². The van der Waals surface area contributed by atoms with Crippen molar-refractivity contribution in [1.29, 1.82) is 0 Å². The molecule has 1 heterocycles. The van der Waals surface area contributed by atoms with E-state index in [4.69, 9.17) is 10.5 Å². The molecule has 0 bridgehead atoms. The van der Waals surface area contributed by atoms with E-state index in [-0.39, 0.29) is 0 Å². The van der Waals surface area contributed by atoms with Gasteiger partial charge in [-0.3, -0.25) is 0 Å². The van der Waals surface area contributed by atoms with Crippen LogP contribution in [0.2, 0.25) is 0 Å². The van der Waals surface area contributed by atoms with Gasteiger partial charge >= 0.3 is 0 Å². The number of nitrogens with two attached hydrogens (primary N) is 1. The molecular formula is C15H20N2O. The van der Waals surface area contributed by atoms with Crippen molar-refractivity contribution in [2.75, 3.05) is 12.3 Å². The number of nitrogen functional groups attached to an aromatic ring is 1. The van der Waals surface area contributed by atoms with E-state index in [1.165, 1.54) is 0 Å². The largest absolute Gasteiger partial charge is 0.491 e. The Bertz CT molecular complexity index is 549. The summed E-state index contributed by atoms with van der Waals surface area (Å²) in [4.78, 5) is 4.50. The van der Waals surface area contributed by atoms with Crippen molar-refractivity contribution in [3.05, 3.63) is 29.8 Å². The molecule has 0 amide bonds. The van der Waals surface area contributed by atoms with Gasteiger partial charge in [0.15, 0.2) is 0 Å². The number of anilines is 1. The van der Waals surface area contributed by atoms with E-state index >= 15 is 0 Å². The highest BCUT2D eigenvalue weighted by molar-refractivity contribution is 5.86. The number of benzene rings is 1. The monoisotopic (exact) mass is 244 g/mol. The molecule has 0 saturated carbocycles. The minimum Gasteiger partial charge on any atom is -0.491 e. The average molecular weight is 244 g/mol. The molecule has 0 saturated heterocycles. The maximum Gasteiger partial charge on any atom is 0.145 e. The summed E-state index contributed by atoms with van der Waals surface area (Å²) in [6.07, 6.45) is 0.982. The molecule has 0 radical (unpaired) electrons. The van der Waals surface area contributed by atoms with Crippen LogP contribution in [-0.2, 0) is 0 Å². The zero-order valence-electron chi connectivity index (χ0n) is 11.2. The number of aromatic nitrogens is 1. The molecule has 1 aromatic heterocycles. The van der Waals surface area contributed by atoms with Crippen LogP contribution in [0.3, 0.4) is 0 Å². The molecule has 96 valence electrons. The Morgan fingerprint density at radius 2 is 2.11 bits per heavy atom. The van der Waals surface area contributed by atoms with Gasteiger partial charge in [0, 0.05) is 5.39 Å². The molecule has 1 aromatic carbocycles. The second-order valence-corrected chi connectivity index (χ2v) is 4.79. The highest BCUT2D eigenvalue weighted by Gasteiger charge is 2.10. The first-order valence-corrected chi connectivity index (χ1v) is 6.45. The van der Waals surface area contributed by atoms with Crippen molar-refractivity contribution in [1.82, 2.24) is 4.98 Å². The maximum atomic E-state index is 6.02. The molecule has 0 aliphatic carbocycles. The van der Waals surface area contributed by atoms with Crippen molar-refractivity contribution in [3.8, 4) is 5.75 Å². The lowest BCUT2D eigenvalue weighted by atomic mass is 10.0. The first-order chi connectivity index (χ1) is 8.63. The molecule has 18 heavy (non-hydrogen) atoms. The standard InChI is InChI=1S/C15H20N2O/c1-4-8-18-13-7-5-6-11-9-12(10(2)3)15(16)17-14(11)13/h5-7,9-10H,4,8H2,1-3H3,(H2,16,17). The summed E-state index contributed by atoms with van der Waals surface area (Å²) in [5.41, 5.74) is 7.97. The fourth-order valence-corrected chi connectivity index (χ4v) is 1.99. The minimum absolute atomic E-state index is 0.377. The quantitative estimate of drug-likeness (QED) is 0.891. The van der Waals surface area contributed by atoms with Crippen LogP contribution in [-0.4, -0.2) is 11.6 Å². The van der Waals surface area contributed by atoms with Crippen molar-refractivity contribution < 1.29 is 4.74 Å². The first kappa shape index (κ1) is 12.7. The number of ether oxygens (including phenoxy) is 1. The molecule has 2 aromatic rings. The first-order valence-electron chi connectivity index (χ1n) is 6.45. The second-order valence-electron chi connectivity index (χ2n) is 4.79. The molecule has 0 aliphatic rings. The smallest absolute Gasteiger partial charge is 0.145 e. The van der Waals surface area contributed by atoms with Crippen LogP contribution in [0.1, 0.15) is 38.7 Å². The summed E-state index contributed by atoms with van der Waals surface area (Å²) >= 11 is 0. The fourth-order valence-electron chi connectivity index (χ4n) is 1.99. The normalized spacial score (nSPS) is 11.1. The molecule has 2 rings (SSSR count). The molecule has 0 spiro atoms. The molecular weight excluding hydrogens is 224 g/mol. The highest BCUT2D eigenvalue weighted by atomic mass is 16.5. The topological polar surface area (TPSA) is 48.1 Å². The van der Waals surface area contributed by atoms with E-state index in [1.807, 2.05) is 18.2 Å². The summed E-state index contributed by atoms with van der Waals surface area (Å²) in [5, 5.41) is 1.08. The third-order valence-corrected chi connectivity index (χ3v) is 2.95. The molecule has 2 N–H and O–H groups in total. The highest BCUT2D eigenvalue weighted by Crippen LogP contribution is 2.29. The fraction of sp³-hybridized carbons (Fsp3) is 0.400. The Morgan fingerprint density at radius 3 is 2.78 bits per heavy atom. The van der Waals surface area contributed by atoms with Gasteiger partial charge in [-0.25, -0.2) is 4.98 Å². The Balaban J connectivity index is 2.53. The zero-order valence-corrected chi connectivity index (χ0v) is 11.2. The number of hydrogen-bond acceptors (Lipinski definition) is 3. The lowest BCUT2D eigenvalue weighted by molar-refractivity contribution is 0.320. The lowest BCUT2D eigenvalue weighted by Gasteiger charge is -2.12. The molecule has 0 atom stereocenters. The summed E-state index contributed by atoms with van der Waals surface area (Å²) in [6, 6.07) is 8.10. The molecule has 0 fully saturated rings. The van der Waals surface area contributed by atoms with E-state index in [0.717, 1.165) is 28.6 Å². The van der Waals surface area contributed by atoms with E-state index in [9.17, 15) is 0 Å². The van der Waals surface area contributed by atoms with E-state index in [2.05, 4.69) is 31.8 Å². The second kappa shape index (κ2) is 5.25. The average Bonchev–Trinajstić information content (AvgIpc) is 2.35. The van der Waals surface area contributed by atoms with Gasteiger partial charge in [-0.1, -0.05) is 32.9 Å². The Kier molecular flexibility index (Phi) is 3.70. The van der Waals surface area contributed by atoms with Crippen molar-refractivity contribution in [3.63, 3.8) is 0 Å². The third-order valence-electron chi connectivity index (χ3n) is 2.95. The van der Waals surface area contributed by atoms with Crippen LogP contribution in [0.15, 0.2) is 24.3 Å². The van der Waals surface area contributed by atoms with Gasteiger partial charge in [-0.2, -0.15) is 0 Å². The van der Waals surface area contributed by atoms with Crippen LogP contribution in [0.25, 0.3) is 10.9 Å². The Morgan fingerprint density at radius 1 is 1.33 bits per heavy atom. The van der Waals surface area contributed by atoms with E-state index in [0.29, 0.717) is 18.3 Å². The van der Waals surface area contributed by atoms with Gasteiger partial charge in [0.05, 0.1) is 6.61 Å². The number of para-hydroxylation sites is 1. The van der Waals surface area contributed by atoms with Crippen molar-refractivity contribution in [2.45, 2.75) is 33.1 Å². The van der Waals surface area contributed by atoms with Crippen LogP contribution in [0.5, 0.6) is 5.75 Å². The number of hydrogen-bond donors (Lipinski definition) is 1. The van der Waals surface area contributed by atoms with Gasteiger partial charge in [0.1, 0.15) is 17.1 Å². The Hall–Kier alpha value is -1.77.